The molecule has 0 atom stereocenters. The van der Waals surface area contributed by atoms with Crippen LogP contribution in [0.4, 0.5) is 5.82 Å². The third-order valence-corrected chi connectivity index (χ3v) is 7.46. The molecule has 0 saturated carbocycles. The summed E-state index contributed by atoms with van der Waals surface area (Å²) in [5, 5.41) is 8.73. The number of aryl methyl sites for hydroxylation is 1. The van der Waals surface area contributed by atoms with Gasteiger partial charge in [0.15, 0.2) is 17.3 Å². The summed E-state index contributed by atoms with van der Waals surface area (Å²) in [5.74, 6) is 2.00. The molecule has 0 aliphatic carbocycles. The molecule has 1 aromatic heterocycles. The Balaban J connectivity index is 1.44. The van der Waals surface area contributed by atoms with Gasteiger partial charge in [0.05, 0.1) is 24.8 Å². The van der Waals surface area contributed by atoms with Crippen molar-refractivity contribution >= 4 is 15.8 Å². The average molecular weight is 455 g/mol. The van der Waals surface area contributed by atoms with Gasteiger partial charge in [-0.25, -0.2) is 8.42 Å². The van der Waals surface area contributed by atoms with E-state index in [4.69, 9.17) is 9.47 Å². The van der Waals surface area contributed by atoms with Gasteiger partial charge in [0, 0.05) is 31.7 Å². The van der Waals surface area contributed by atoms with Crippen LogP contribution in [-0.2, 0) is 10.0 Å². The minimum atomic E-state index is -3.49. The van der Waals surface area contributed by atoms with Crippen molar-refractivity contribution < 1.29 is 17.9 Å². The molecule has 1 saturated heterocycles. The number of aromatic nitrogens is 2. The Hall–Kier alpha value is -3.17. The van der Waals surface area contributed by atoms with E-state index in [-0.39, 0.29) is 0 Å². The predicted octanol–water partition coefficient (Wildman–Crippen LogP) is 2.98. The number of rotatable bonds is 6. The van der Waals surface area contributed by atoms with E-state index in [9.17, 15) is 8.42 Å². The number of ether oxygens (including phenoxy) is 2. The molecule has 1 fully saturated rings. The minimum absolute atomic E-state index is 0.329. The van der Waals surface area contributed by atoms with Gasteiger partial charge >= 0.3 is 0 Å². The fourth-order valence-corrected chi connectivity index (χ4v) is 5.08. The van der Waals surface area contributed by atoms with Gasteiger partial charge in [-0.3, -0.25) is 0 Å². The second-order valence-electron chi connectivity index (χ2n) is 7.55. The second kappa shape index (κ2) is 9.13. The normalized spacial score (nSPS) is 14.9. The van der Waals surface area contributed by atoms with E-state index in [0.717, 1.165) is 22.6 Å². The lowest BCUT2D eigenvalue weighted by Crippen LogP contribution is -2.49. The molecule has 0 radical (unpaired) electrons. The largest absolute Gasteiger partial charge is 0.493 e. The SMILES string of the molecule is COc1ccc(-c2ccc(N3CCN(S(=O)(=O)c4ccc(C)cc4)CC3)nn2)cc1OC. The van der Waals surface area contributed by atoms with Gasteiger partial charge in [-0.1, -0.05) is 17.7 Å². The summed E-state index contributed by atoms with van der Waals surface area (Å²) in [7, 11) is -0.304. The second-order valence-corrected chi connectivity index (χ2v) is 9.49. The number of piperazine rings is 1. The number of nitrogens with zero attached hydrogens (tertiary/aromatic N) is 4. The van der Waals surface area contributed by atoms with Crippen molar-refractivity contribution in [3.63, 3.8) is 0 Å². The first-order chi connectivity index (χ1) is 15.4. The smallest absolute Gasteiger partial charge is 0.243 e. The number of anilines is 1. The Bertz CT molecular complexity index is 1170. The molecule has 1 aliphatic rings. The van der Waals surface area contributed by atoms with E-state index in [1.807, 2.05) is 54.3 Å². The fraction of sp³-hybridized carbons (Fsp3) is 0.304. The number of hydrogen-bond acceptors (Lipinski definition) is 7. The van der Waals surface area contributed by atoms with Gasteiger partial charge in [0.2, 0.25) is 10.0 Å². The zero-order valence-electron chi connectivity index (χ0n) is 18.4. The van der Waals surface area contributed by atoms with Gasteiger partial charge in [0.25, 0.3) is 0 Å². The summed E-state index contributed by atoms with van der Waals surface area (Å²) in [6.45, 7) is 3.84. The lowest BCUT2D eigenvalue weighted by Gasteiger charge is -2.34. The van der Waals surface area contributed by atoms with Crippen molar-refractivity contribution in [1.82, 2.24) is 14.5 Å². The van der Waals surface area contributed by atoms with Crippen LogP contribution >= 0.6 is 0 Å². The van der Waals surface area contributed by atoms with Crippen molar-refractivity contribution in [2.45, 2.75) is 11.8 Å². The lowest BCUT2D eigenvalue weighted by atomic mass is 10.1. The third kappa shape index (κ3) is 4.39. The third-order valence-electron chi connectivity index (χ3n) is 5.55. The number of sulfonamides is 1. The lowest BCUT2D eigenvalue weighted by molar-refractivity contribution is 0.355. The molecule has 0 unspecified atom stereocenters. The van der Waals surface area contributed by atoms with Crippen molar-refractivity contribution in [1.29, 1.82) is 0 Å². The van der Waals surface area contributed by atoms with Crippen LogP contribution in [0.1, 0.15) is 5.56 Å². The Kier molecular flexibility index (Phi) is 6.29. The standard InChI is InChI=1S/C23H26N4O4S/c1-17-4-7-19(8-5-17)32(28,29)27-14-12-26(13-15-27)23-11-9-20(24-25-23)18-6-10-21(30-2)22(16-18)31-3/h4-11,16H,12-15H2,1-3H3. The highest BCUT2D eigenvalue weighted by Gasteiger charge is 2.29. The molecule has 2 heterocycles. The Morgan fingerprint density at radius 3 is 2.09 bits per heavy atom. The highest BCUT2D eigenvalue weighted by atomic mass is 32.2. The number of hydrogen-bond donors (Lipinski definition) is 0. The summed E-state index contributed by atoms with van der Waals surface area (Å²) in [4.78, 5) is 2.38. The molecular weight excluding hydrogens is 428 g/mol. The van der Waals surface area contributed by atoms with Gasteiger partial charge < -0.3 is 14.4 Å². The Morgan fingerprint density at radius 1 is 0.812 bits per heavy atom. The van der Waals surface area contributed by atoms with Crippen molar-refractivity contribution in [3.8, 4) is 22.8 Å². The zero-order chi connectivity index (χ0) is 22.7. The molecule has 0 amide bonds. The van der Waals surface area contributed by atoms with E-state index in [1.165, 1.54) is 4.31 Å². The van der Waals surface area contributed by atoms with Crippen molar-refractivity contribution in [2.24, 2.45) is 0 Å². The van der Waals surface area contributed by atoms with Crippen LogP contribution in [0.25, 0.3) is 11.3 Å². The minimum Gasteiger partial charge on any atom is -0.493 e. The van der Waals surface area contributed by atoms with E-state index < -0.39 is 10.0 Å². The van der Waals surface area contributed by atoms with Crippen molar-refractivity contribution in [2.75, 3.05) is 45.3 Å². The molecule has 8 nitrogen and oxygen atoms in total. The summed E-state index contributed by atoms with van der Waals surface area (Å²) < 4.78 is 38.0. The molecule has 168 valence electrons. The molecule has 9 heteroatoms. The zero-order valence-corrected chi connectivity index (χ0v) is 19.2. The van der Waals surface area contributed by atoms with Gasteiger partial charge in [-0.15, -0.1) is 10.2 Å². The summed E-state index contributed by atoms with van der Waals surface area (Å²) in [6, 6.07) is 16.4. The van der Waals surface area contributed by atoms with Gasteiger partial charge in [-0.2, -0.15) is 4.31 Å². The van der Waals surface area contributed by atoms with E-state index in [2.05, 4.69) is 10.2 Å². The van der Waals surface area contributed by atoms with Crippen LogP contribution < -0.4 is 14.4 Å². The molecule has 1 aliphatic heterocycles. The maximum Gasteiger partial charge on any atom is 0.243 e. The first-order valence-electron chi connectivity index (χ1n) is 10.3. The van der Waals surface area contributed by atoms with Crippen LogP contribution in [0.2, 0.25) is 0 Å². The van der Waals surface area contributed by atoms with Gasteiger partial charge in [0.1, 0.15) is 0 Å². The Labute approximate surface area is 188 Å². The average Bonchev–Trinajstić information content (AvgIpc) is 2.84. The summed E-state index contributed by atoms with van der Waals surface area (Å²) >= 11 is 0. The molecule has 0 spiro atoms. The number of benzene rings is 2. The quantitative estimate of drug-likeness (QED) is 0.566. The summed E-state index contributed by atoms with van der Waals surface area (Å²) in [5.41, 5.74) is 2.62. The topological polar surface area (TPSA) is 84.9 Å². The van der Waals surface area contributed by atoms with Crippen molar-refractivity contribution in [3.05, 3.63) is 60.2 Å². The van der Waals surface area contributed by atoms with Crippen LogP contribution in [0, 0.1) is 6.92 Å². The summed E-state index contributed by atoms with van der Waals surface area (Å²) in [6.07, 6.45) is 0. The molecule has 4 rings (SSSR count). The van der Waals surface area contributed by atoms with Crippen LogP contribution in [0.15, 0.2) is 59.5 Å². The van der Waals surface area contributed by atoms with Crippen LogP contribution in [0.3, 0.4) is 0 Å². The fourth-order valence-electron chi connectivity index (χ4n) is 3.66. The first-order valence-corrected chi connectivity index (χ1v) is 11.7. The maximum atomic E-state index is 12.9. The molecule has 0 bridgehead atoms. The monoisotopic (exact) mass is 454 g/mol. The number of methoxy groups -OCH3 is 2. The van der Waals surface area contributed by atoms with Crippen LogP contribution in [-0.4, -0.2) is 63.3 Å². The predicted molar refractivity (Wildman–Crippen MR) is 123 cm³/mol. The Morgan fingerprint density at radius 2 is 1.50 bits per heavy atom. The molecular formula is C23H26N4O4S. The molecule has 0 N–H and O–H groups in total. The van der Waals surface area contributed by atoms with E-state index in [0.29, 0.717) is 42.6 Å². The van der Waals surface area contributed by atoms with E-state index in [1.54, 1.807) is 26.4 Å². The highest BCUT2D eigenvalue weighted by molar-refractivity contribution is 7.89. The maximum absolute atomic E-state index is 12.9. The van der Waals surface area contributed by atoms with Gasteiger partial charge in [-0.05, 0) is 49.4 Å². The molecule has 2 aromatic carbocycles. The molecule has 3 aromatic rings. The van der Waals surface area contributed by atoms with Crippen LogP contribution in [0.5, 0.6) is 11.5 Å². The first kappa shape index (κ1) is 22.0. The highest BCUT2D eigenvalue weighted by Crippen LogP contribution is 2.31. The van der Waals surface area contributed by atoms with E-state index >= 15 is 0 Å². The molecule has 32 heavy (non-hydrogen) atoms.